The molecule has 18 heavy (non-hydrogen) atoms. The third kappa shape index (κ3) is 4.94. The van der Waals surface area contributed by atoms with Crippen LogP contribution in [0.1, 0.15) is 33.1 Å². The lowest BCUT2D eigenvalue weighted by Gasteiger charge is -2.29. The summed E-state index contributed by atoms with van der Waals surface area (Å²) in [5.74, 6) is 1.16. The Morgan fingerprint density at radius 2 is 2.22 bits per heavy atom. The maximum Gasteiger partial charge on any atom is 0.226 e. The van der Waals surface area contributed by atoms with E-state index in [1.165, 1.54) is 0 Å². The van der Waals surface area contributed by atoms with Gasteiger partial charge < -0.3 is 15.4 Å². The van der Waals surface area contributed by atoms with Crippen LogP contribution < -0.4 is 5.73 Å². The fraction of sp³-hybridized carbons (Fsp3) is 0.929. The second-order valence-electron chi connectivity index (χ2n) is 5.86. The van der Waals surface area contributed by atoms with Crippen molar-refractivity contribution in [3.63, 3.8) is 0 Å². The molecule has 0 radical (unpaired) electrons. The van der Waals surface area contributed by atoms with E-state index in [1.54, 1.807) is 0 Å². The topological polar surface area (TPSA) is 55.6 Å². The quantitative estimate of drug-likeness (QED) is 0.783. The lowest BCUT2D eigenvalue weighted by Crippen LogP contribution is -2.41. The van der Waals surface area contributed by atoms with E-state index in [0.717, 1.165) is 39.0 Å². The fourth-order valence-electron chi connectivity index (χ4n) is 2.61. The number of nitrogens with two attached hydrogens (primary N) is 1. The molecule has 1 saturated heterocycles. The van der Waals surface area contributed by atoms with Crippen molar-refractivity contribution in [3.8, 4) is 0 Å². The van der Waals surface area contributed by atoms with Crippen LogP contribution in [0, 0.1) is 17.8 Å². The zero-order valence-electron chi connectivity index (χ0n) is 12.0. The first-order valence-corrected chi connectivity index (χ1v) is 7.07. The third-order valence-electron chi connectivity index (χ3n) is 3.55. The minimum atomic E-state index is -0.0282. The Bertz CT molecular complexity index is 250. The third-order valence-corrected chi connectivity index (χ3v) is 3.55. The van der Waals surface area contributed by atoms with Crippen LogP contribution in [0.3, 0.4) is 0 Å². The van der Waals surface area contributed by atoms with Gasteiger partial charge in [-0.3, -0.25) is 4.79 Å². The largest absolute Gasteiger partial charge is 0.381 e. The summed E-state index contributed by atoms with van der Waals surface area (Å²) in [4.78, 5) is 14.1. The molecule has 4 heteroatoms. The lowest BCUT2D eigenvalue weighted by atomic mass is 9.95. The van der Waals surface area contributed by atoms with Crippen LogP contribution in [-0.2, 0) is 9.53 Å². The molecule has 1 aliphatic rings. The molecule has 0 aromatic carbocycles. The predicted molar refractivity (Wildman–Crippen MR) is 73.2 cm³/mol. The van der Waals surface area contributed by atoms with Gasteiger partial charge >= 0.3 is 0 Å². The van der Waals surface area contributed by atoms with Gasteiger partial charge in [0.05, 0.1) is 12.5 Å². The van der Waals surface area contributed by atoms with Crippen molar-refractivity contribution in [1.82, 2.24) is 4.90 Å². The molecule has 106 valence electrons. The van der Waals surface area contributed by atoms with Crippen molar-refractivity contribution in [2.45, 2.75) is 33.1 Å². The van der Waals surface area contributed by atoms with E-state index < -0.39 is 0 Å². The highest BCUT2D eigenvalue weighted by molar-refractivity contribution is 5.78. The van der Waals surface area contributed by atoms with E-state index in [4.69, 9.17) is 10.5 Å². The van der Waals surface area contributed by atoms with Crippen LogP contribution in [0.5, 0.6) is 0 Å². The molecule has 1 heterocycles. The van der Waals surface area contributed by atoms with Gasteiger partial charge in [-0.25, -0.2) is 0 Å². The highest BCUT2D eigenvalue weighted by atomic mass is 16.5. The molecule has 1 rings (SSSR count). The van der Waals surface area contributed by atoms with E-state index in [0.29, 0.717) is 18.4 Å². The highest BCUT2D eigenvalue weighted by Gasteiger charge is 2.24. The number of rotatable bonds is 6. The molecular formula is C14H28N2O2. The summed E-state index contributed by atoms with van der Waals surface area (Å²) in [5, 5.41) is 0. The zero-order chi connectivity index (χ0) is 13.5. The first-order chi connectivity index (χ1) is 8.54. The van der Waals surface area contributed by atoms with E-state index in [1.807, 2.05) is 11.9 Å². The standard InChI is InChI=1S/C14H28N2O2/c1-11(2)7-13(8-15)14(17)16(3)9-12-5-4-6-18-10-12/h11-13H,4-10,15H2,1-3H3. The van der Waals surface area contributed by atoms with E-state index in [9.17, 15) is 4.79 Å². The van der Waals surface area contributed by atoms with Gasteiger partial charge in [-0.15, -0.1) is 0 Å². The van der Waals surface area contributed by atoms with Crippen LogP contribution >= 0.6 is 0 Å². The summed E-state index contributed by atoms with van der Waals surface area (Å²) in [6, 6.07) is 0. The molecule has 1 fully saturated rings. The predicted octanol–water partition coefficient (Wildman–Crippen LogP) is 1.49. The lowest BCUT2D eigenvalue weighted by molar-refractivity contribution is -0.135. The summed E-state index contributed by atoms with van der Waals surface area (Å²) >= 11 is 0. The minimum absolute atomic E-state index is 0.0282. The molecule has 0 saturated carbocycles. The molecule has 0 spiro atoms. The Balaban J connectivity index is 2.42. The monoisotopic (exact) mass is 256 g/mol. The SMILES string of the molecule is CC(C)CC(CN)C(=O)N(C)CC1CCCOC1. The molecule has 0 bridgehead atoms. The van der Waals surface area contributed by atoms with Crippen molar-refractivity contribution in [3.05, 3.63) is 0 Å². The van der Waals surface area contributed by atoms with Crippen LogP contribution in [0.15, 0.2) is 0 Å². The smallest absolute Gasteiger partial charge is 0.226 e. The number of ether oxygens (including phenoxy) is 1. The number of amides is 1. The van der Waals surface area contributed by atoms with Crippen molar-refractivity contribution >= 4 is 5.91 Å². The van der Waals surface area contributed by atoms with Crippen LogP contribution in [0.4, 0.5) is 0 Å². The molecule has 0 aliphatic carbocycles. The Hall–Kier alpha value is -0.610. The molecular weight excluding hydrogens is 228 g/mol. The number of hydrogen-bond acceptors (Lipinski definition) is 3. The molecule has 1 amide bonds. The minimum Gasteiger partial charge on any atom is -0.381 e. The van der Waals surface area contributed by atoms with Crippen molar-refractivity contribution in [1.29, 1.82) is 0 Å². The molecule has 0 aromatic heterocycles. The second kappa shape index (κ2) is 7.74. The fourth-order valence-corrected chi connectivity index (χ4v) is 2.61. The van der Waals surface area contributed by atoms with Gasteiger partial charge in [0.15, 0.2) is 0 Å². The highest BCUT2D eigenvalue weighted by Crippen LogP contribution is 2.17. The first-order valence-electron chi connectivity index (χ1n) is 7.07. The van der Waals surface area contributed by atoms with Crippen LogP contribution in [0.25, 0.3) is 0 Å². The summed E-state index contributed by atoms with van der Waals surface area (Å²) in [7, 11) is 1.89. The van der Waals surface area contributed by atoms with Gasteiger partial charge in [0.25, 0.3) is 0 Å². The molecule has 0 aromatic rings. The van der Waals surface area contributed by atoms with Crippen LogP contribution in [0.2, 0.25) is 0 Å². The Morgan fingerprint density at radius 1 is 1.50 bits per heavy atom. The van der Waals surface area contributed by atoms with E-state index >= 15 is 0 Å². The Morgan fingerprint density at radius 3 is 2.72 bits per heavy atom. The van der Waals surface area contributed by atoms with Gasteiger partial charge in [0.2, 0.25) is 5.91 Å². The molecule has 2 unspecified atom stereocenters. The summed E-state index contributed by atoms with van der Waals surface area (Å²) < 4.78 is 5.45. The maximum absolute atomic E-state index is 12.3. The Kier molecular flexibility index (Phi) is 6.65. The van der Waals surface area contributed by atoms with E-state index in [-0.39, 0.29) is 11.8 Å². The maximum atomic E-state index is 12.3. The van der Waals surface area contributed by atoms with Gasteiger partial charge in [0, 0.05) is 26.7 Å². The average Bonchev–Trinajstić information content (AvgIpc) is 2.36. The Labute approximate surface area is 111 Å². The number of carbonyl (C=O) groups is 1. The van der Waals surface area contributed by atoms with Crippen molar-refractivity contribution < 1.29 is 9.53 Å². The normalized spacial score (nSPS) is 21.9. The average molecular weight is 256 g/mol. The first kappa shape index (κ1) is 15.4. The number of carbonyl (C=O) groups excluding carboxylic acids is 1. The van der Waals surface area contributed by atoms with Crippen molar-refractivity contribution in [2.75, 3.05) is 33.4 Å². The molecule has 2 atom stereocenters. The molecule has 2 N–H and O–H groups in total. The van der Waals surface area contributed by atoms with Crippen LogP contribution in [-0.4, -0.2) is 44.2 Å². The molecule has 4 nitrogen and oxygen atoms in total. The summed E-state index contributed by atoms with van der Waals surface area (Å²) in [6.45, 7) is 7.16. The second-order valence-corrected chi connectivity index (χ2v) is 5.86. The van der Waals surface area contributed by atoms with Crippen molar-refractivity contribution in [2.24, 2.45) is 23.5 Å². The number of nitrogens with zero attached hydrogens (tertiary/aromatic N) is 1. The zero-order valence-corrected chi connectivity index (χ0v) is 12.0. The van der Waals surface area contributed by atoms with Gasteiger partial charge in [-0.05, 0) is 31.1 Å². The van der Waals surface area contributed by atoms with Gasteiger partial charge in [-0.1, -0.05) is 13.8 Å². The number of hydrogen-bond donors (Lipinski definition) is 1. The summed E-state index contributed by atoms with van der Waals surface area (Å²) in [6.07, 6.45) is 3.15. The van der Waals surface area contributed by atoms with Gasteiger partial charge in [0.1, 0.15) is 0 Å². The summed E-state index contributed by atoms with van der Waals surface area (Å²) in [5.41, 5.74) is 5.72. The van der Waals surface area contributed by atoms with E-state index in [2.05, 4.69) is 13.8 Å². The molecule has 1 aliphatic heterocycles. The van der Waals surface area contributed by atoms with Gasteiger partial charge in [-0.2, -0.15) is 0 Å².